The number of hydrogen-bond donors (Lipinski definition) is 2. The Balaban J connectivity index is 1.96. The maximum atomic E-state index is 12.2. The van der Waals surface area contributed by atoms with E-state index < -0.39 is 11.1 Å². The summed E-state index contributed by atoms with van der Waals surface area (Å²) in [5.41, 5.74) is 4.81. The predicted octanol–water partition coefficient (Wildman–Crippen LogP) is 0.487. The monoisotopic (exact) mass is 226 g/mol. The fourth-order valence-electron chi connectivity index (χ4n) is 2.39. The summed E-state index contributed by atoms with van der Waals surface area (Å²) in [5, 5.41) is 9.83. The van der Waals surface area contributed by atoms with E-state index in [-0.39, 0.29) is 5.91 Å². The number of nitrogens with two attached hydrogens (primary N) is 1. The molecule has 2 aliphatic rings. The average Bonchev–Trinajstić information content (AvgIpc) is 3.00. The van der Waals surface area contributed by atoms with Gasteiger partial charge in [0, 0.05) is 13.1 Å². The molecule has 1 aliphatic carbocycles. The Kier molecular flexibility index (Phi) is 2.75. The Morgan fingerprint density at radius 1 is 1.44 bits per heavy atom. The molecule has 0 aromatic rings. The Bertz CT molecular complexity index is 285. The molecular weight excluding hydrogens is 204 g/mol. The van der Waals surface area contributed by atoms with Crippen molar-refractivity contribution in [2.45, 2.75) is 50.7 Å². The molecule has 2 rings (SSSR count). The zero-order chi connectivity index (χ0) is 12.0. The van der Waals surface area contributed by atoms with Crippen LogP contribution in [0, 0.1) is 5.92 Å². The van der Waals surface area contributed by atoms with Crippen LogP contribution in [-0.4, -0.2) is 40.1 Å². The summed E-state index contributed by atoms with van der Waals surface area (Å²) < 4.78 is 0. The molecule has 1 saturated carbocycles. The van der Waals surface area contributed by atoms with Gasteiger partial charge >= 0.3 is 0 Å². The first-order valence-corrected chi connectivity index (χ1v) is 6.13. The highest BCUT2D eigenvalue weighted by Crippen LogP contribution is 2.39. The van der Waals surface area contributed by atoms with Gasteiger partial charge in [-0.2, -0.15) is 0 Å². The van der Waals surface area contributed by atoms with Crippen molar-refractivity contribution in [2.75, 3.05) is 13.1 Å². The fraction of sp³-hybridized carbons (Fsp3) is 0.917. The summed E-state index contributed by atoms with van der Waals surface area (Å²) in [6.07, 6.45) is 3.45. The van der Waals surface area contributed by atoms with Crippen LogP contribution in [0.15, 0.2) is 0 Å². The van der Waals surface area contributed by atoms with E-state index in [0.717, 1.165) is 12.8 Å². The number of aliphatic hydroxyl groups is 1. The van der Waals surface area contributed by atoms with Crippen LogP contribution in [0.5, 0.6) is 0 Å². The number of hydrogen-bond acceptors (Lipinski definition) is 3. The topological polar surface area (TPSA) is 66.6 Å². The Morgan fingerprint density at radius 3 is 2.38 bits per heavy atom. The molecule has 1 heterocycles. The van der Waals surface area contributed by atoms with Crippen LogP contribution in [0.2, 0.25) is 0 Å². The molecule has 0 radical (unpaired) electrons. The maximum Gasteiger partial charge on any atom is 0.242 e. The second-order valence-electron chi connectivity index (χ2n) is 5.85. The van der Waals surface area contributed by atoms with Crippen molar-refractivity contribution < 1.29 is 9.90 Å². The van der Waals surface area contributed by atoms with E-state index in [2.05, 4.69) is 0 Å². The van der Waals surface area contributed by atoms with Gasteiger partial charge in [0.2, 0.25) is 5.91 Å². The smallest absolute Gasteiger partial charge is 0.242 e. The van der Waals surface area contributed by atoms with Crippen LogP contribution in [-0.2, 0) is 4.79 Å². The van der Waals surface area contributed by atoms with Crippen LogP contribution in [0.1, 0.15) is 39.5 Å². The SMILES string of the molecule is CC1(O)CCN(C(=O)C(C)(N)C2CC2)CC1. The highest BCUT2D eigenvalue weighted by atomic mass is 16.3. The Labute approximate surface area is 96.8 Å². The molecule has 0 bridgehead atoms. The second-order valence-corrected chi connectivity index (χ2v) is 5.85. The minimum absolute atomic E-state index is 0.0606. The summed E-state index contributed by atoms with van der Waals surface area (Å²) in [4.78, 5) is 14.0. The Morgan fingerprint density at radius 2 is 1.94 bits per heavy atom. The van der Waals surface area contributed by atoms with Gasteiger partial charge in [0.1, 0.15) is 0 Å². The fourth-order valence-corrected chi connectivity index (χ4v) is 2.39. The molecule has 92 valence electrons. The molecule has 0 aromatic carbocycles. The molecule has 1 atom stereocenters. The minimum Gasteiger partial charge on any atom is -0.390 e. The van der Waals surface area contributed by atoms with Crippen molar-refractivity contribution >= 4 is 5.91 Å². The van der Waals surface area contributed by atoms with Crippen LogP contribution < -0.4 is 5.73 Å². The van der Waals surface area contributed by atoms with Gasteiger partial charge in [-0.3, -0.25) is 4.79 Å². The molecule has 0 spiro atoms. The highest BCUT2D eigenvalue weighted by Gasteiger charge is 2.46. The van der Waals surface area contributed by atoms with Gasteiger partial charge in [-0.05, 0) is 45.4 Å². The molecule has 1 aliphatic heterocycles. The quantitative estimate of drug-likeness (QED) is 0.720. The van der Waals surface area contributed by atoms with Gasteiger partial charge in [-0.25, -0.2) is 0 Å². The standard InChI is InChI=1S/C12H22N2O2/c1-11(16)5-7-14(8-6-11)10(15)12(2,13)9-3-4-9/h9,16H,3-8,13H2,1-2H3. The number of carbonyl (C=O) groups is 1. The van der Waals surface area contributed by atoms with Crippen molar-refractivity contribution in [1.29, 1.82) is 0 Å². The average molecular weight is 226 g/mol. The molecule has 0 aromatic heterocycles. The van der Waals surface area contributed by atoms with E-state index in [1.807, 2.05) is 18.7 Å². The summed E-state index contributed by atoms with van der Waals surface area (Å²) >= 11 is 0. The third-order valence-electron chi connectivity index (χ3n) is 4.01. The predicted molar refractivity (Wildman–Crippen MR) is 61.8 cm³/mol. The van der Waals surface area contributed by atoms with E-state index in [4.69, 9.17) is 5.73 Å². The normalized spacial score (nSPS) is 28.6. The van der Waals surface area contributed by atoms with Crippen LogP contribution >= 0.6 is 0 Å². The van der Waals surface area contributed by atoms with Gasteiger partial charge in [0.15, 0.2) is 0 Å². The van der Waals surface area contributed by atoms with Gasteiger partial charge in [0.25, 0.3) is 0 Å². The maximum absolute atomic E-state index is 12.2. The van der Waals surface area contributed by atoms with E-state index >= 15 is 0 Å². The first kappa shape index (κ1) is 11.9. The van der Waals surface area contributed by atoms with Crippen molar-refractivity contribution in [3.63, 3.8) is 0 Å². The summed E-state index contributed by atoms with van der Waals surface area (Å²) in [7, 11) is 0. The van der Waals surface area contributed by atoms with E-state index in [9.17, 15) is 9.90 Å². The number of carbonyl (C=O) groups excluding carboxylic acids is 1. The number of rotatable bonds is 2. The highest BCUT2D eigenvalue weighted by molar-refractivity contribution is 5.86. The van der Waals surface area contributed by atoms with Crippen molar-refractivity contribution in [3.05, 3.63) is 0 Å². The second kappa shape index (κ2) is 3.70. The first-order chi connectivity index (χ1) is 7.33. The molecule has 4 heteroatoms. The van der Waals surface area contributed by atoms with E-state index in [1.165, 1.54) is 0 Å². The lowest BCUT2D eigenvalue weighted by Gasteiger charge is -2.39. The van der Waals surface area contributed by atoms with Gasteiger partial charge in [-0.1, -0.05) is 0 Å². The number of likely N-dealkylation sites (tertiary alicyclic amines) is 1. The molecule has 3 N–H and O–H groups in total. The molecule has 16 heavy (non-hydrogen) atoms. The van der Waals surface area contributed by atoms with Crippen molar-refractivity contribution in [1.82, 2.24) is 4.90 Å². The number of piperidine rings is 1. The molecule has 1 unspecified atom stereocenters. The van der Waals surface area contributed by atoms with Gasteiger partial charge in [0.05, 0.1) is 11.1 Å². The minimum atomic E-state index is -0.691. The van der Waals surface area contributed by atoms with Crippen LogP contribution in [0.25, 0.3) is 0 Å². The van der Waals surface area contributed by atoms with Gasteiger partial charge < -0.3 is 15.7 Å². The third kappa shape index (κ3) is 2.23. The van der Waals surface area contributed by atoms with Crippen LogP contribution in [0.4, 0.5) is 0 Å². The lowest BCUT2D eigenvalue weighted by atomic mass is 9.90. The van der Waals surface area contributed by atoms with Crippen molar-refractivity contribution in [3.8, 4) is 0 Å². The van der Waals surface area contributed by atoms with Gasteiger partial charge in [-0.15, -0.1) is 0 Å². The van der Waals surface area contributed by atoms with Crippen LogP contribution in [0.3, 0.4) is 0 Å². The summed E-state index contributed by atoms with van der Waals surface area (Å²) in [6, 6.07) is 0. The number of nitrogens with zero attached hydrogens (tertiary/aromatic N) is 1. The zero-order valence-electron chi connectivity index (χ0n) is 10.2. The van der Waals surface area contributed by atoms with E-state index in [1.54, 1.807) is 0 Å². The lowest BCUT2D eigenvalue weighted by molar-refractivity contribution is -0.140. The third-order valence-corrected chi connectivity index (χ3v) is 4.01. The van der Waals surface area contributed by atoms with Crippen molar-refractivity contribution in [2.24, 2.45) is 11.7 Å². The first-order valence-electron chi connectivity index (χ1n) is 6.13. The Hall–Kier alpha value is -0.610. The molecular formula is C12H22N2O2. The van der Waals surface area contributed by atoms with E-state index in [0.29, 0.717) is 31.8 Å². The molecule has 1 amide bonds. The number of amides is 1. The summed E-state index contributed by atoms with van der Waals surface area (Å²) in [6.45, 7) is 4.94. The molecule has 1 saturated heterocycles. The zero-order valence-corrected chi connectivity index (χ0v) is 10.2. The largest absolute Gasteiger partial charge is 0.390 e. The summed E-state index contributed by atoms with van der Waals surface area (Å²) in [5.74, 6) is 0.424. The molecule has 2 fully saturated rings. The lowest BCUT2D eigenvalue weighted by Crippen LogP contribution is -2.57. The molecule has 4 nitrogen and oxygen atoms in total.